The lowest BCUT2D eigenvalue weighted by molar-refractivity contribution is -0.0441. The van der Waals surface area contributed by atoms with Gasteiger partial charge in [-0.2, -0.15) is 4.31 Å². The largest absolute Gasteiger partial charge is 0.373 e. The van der Waals surface area contributed by atoms with E-state index < -0.39 is 10.0 Å². The molecule has 1 N–H and O–H groups in total. The Morgan fingerprint density at radius 2 is 2.00 bits per heavy atom. The van der Waals surface area contributed by atoms with Crippen LogP contribution in [0.3, 0.4) is 0 Å². The van der Waals surface area contributed by atoms with Crippen LogP contribution in [-0.4, -0.2) is 48.0 Å². The van der Waals surface area contributed by atoms with Gasteiger partial charge in [-0.3, -0.25) is 0 Å². The molecule has 1 aromatic rings. The van der Waals surface area contributed by atoms with Crippen molar-refractivity contribution in [2.75, 3.05) is 13.1 Å². The van der Waals surface area contributed by atoms with Gasteiger partial charge in [0.25, 0.3) is 10.0 Å². The number of imidazole rings is 1. The van der Waals surface area contributed by atoms with Crippen LogP contribution in [0.15, 0.2) is 11.2 Å². The second kappa shape index (κ2) is 4.40. The Hall–Kier alpha value is -0.920. The topological polar surface area (TPSA) is 75.3 Å². The van der Waals surface area contributed by atoms with E-state index in [1.54, 1.807) is 6.92 Å². The Labute approximate surface area is 101 Å². The maximum atomic E-state index is 12.3. The van der Waals surface area contributed by atoms with Crippen LogP contribution in [0.25, 0.3) is 0 Å². The molecule has 17 heavy (non-hydrogen) atoms. The second-order valence-corrected chi connectivity index (χ2v) is 6.32. The first-order valence-electron chi connectivity index (χ1n) is 5.57. The van der Waals surface area contributed by atoms with Crippen LogP contribution in [0.5, 0.6) is 0 Å². The summed E-state index contributed by atoms with van der Waals surface area (Å²) in [6.45, 7) is 6.23. The molecule has 0 radical (unpaired) electrons. The molecule has 1 saturated heterocycles. The van der Waals surface area contributed by atoms with E-state index in [0.717, 1.165) is 0 Å². The van der Waals surface area contributed by atoms with Crippen LogP contribution < -0.4 is 0 Å². The van der Waals surface area contributed by atoms with Crippen molar-refractivity contribution in [3.05, 3.63) is 12.0 Å². The maximum Gasteiger partial charge on any atom is 0.260 e. The molecule has 2 heterocycles. The van der Waals surface area contributed by atoms with Crippen LogP contribution in [0.4, 0.5) is 0 Å². The first-order valence-corrected chi connectivity index (χ1v) is 7.01. The Morgan fingerprint density at radius 3 is 2.47 bits per heavy atom. The van der Waals surface area contributed by atoms with Crippen molar-refractivity contribution < 1.29 is 13.2 Å². The fraction of sp³-hybridized carbons (Fsp3) is 0.700. The number of morpholine rings is 1. The molecule has 0 spiro atoms. The molecule has 1 aromatic heterocycles. The van der Waals surface area contributed by atoms with Crippen LogP contribution >= 0.6 is 0 Å². The SMILES string of the molecule is Cc1ncc(S(=O)(=O)N2C[C@@H](C)O[C@@H](C)C2)[nH]1. The number of aromatic amines is 1. The molecule has 0 aliphatic carbocycles. The van der Waals surface area contributed by atoms with Crippen molar-refractivity contribution in [3.63, 3.8) is 0 Å². The zero-order chi connectivity index (χ0) is 12.6. The number of hydrogen-bond acceptors (Lipinski definition) is 4. The average molecular weight is 259 g/mol. The van der Waals surface area contributed by atoms with E-state index in [4.69, 9.17) is 4.74 Å². The van der Waals surface area contributed by atoms with Gasteiger partial charge < -0.3 is 9.72 Å². The van der Waals surface area contributed by atoms with Crippen molar-refractivity contribution in [1.82, 2.24) is 14.3 Å². The summed E-state index contributed by atoms with van der Waals surface area (Å²) in [5, 5.41) is 0.149. The second-order valence-electron chi connectivity index (χ2n) is 4.41. The van der Waals surface area contributed by atoms with Crippen LogP contribution in [0.2, 0.25) is 0 Å². The zero-order valence-corrected chi connectivity index (χ0v) is 11.0. The predicted molar refractivity (Wildman–Crippen MR) is 62.1 cm³/mol. The van der Waals surface area contributed by atoms with Crippen molar-refractivity contribution >= 4 is 10.0 Å². The van der Waals surface area contributed by atoms with E-state index >= 15 is 0 Å². The summed E-state index contributed by atoms with van der Waals surface area (Å²) < 4.78 is 31.5. The monoisotopic (exact) mass is 259 g/mol. The van der Waals surface area contributed by atoms with Gasteiger partial charge in [0.15, 0.2) is 5.03 Å². The molecule has 0 bridgehead atoms. The minimum absolute atomic E-state index is 0.0856. The number of rotatable bonds is 2. The Bertz CT molecular complexity index is 487. The van der Waals surface area contributed by atoms with E-state index in [2.05, 4.69) is 9.97 Å². The first kappa shape index (κ1) is 12.5. The molecule has 1 aliphatic rings. The molecular formula is C10H17N3O3S. The molecule has 0 amide bonds. The highest BCUT2D eigenvalue weighted by atomic mass is 32.2. The molecule has 2 atom stereocenters. The summed E-state index contributed by atoms with van der Waals surface area (Å²) in [6.07, 6.45) is 1.19. The predicted octanol–water partition coefficient (Wildman–Crippen LogP) is 0.516. The third kappa shape index (κ3) is 2.51. The Morgan fingerprint density at radius 1 is 1.41 bits per heavy atom. The third-order valence-corrected chi connectivity index (χ3v) is 4.42. The highest BCUT2D eigenvalue weighted by Gasteiger charge is 2.33. The molecule has 7 heteroatoms. The number of H-pyrrole nitrogens is 1. The van der Waals surface area contributed by atoms with Crippen LogP contribution in [0, 0.1) is 6.92 Å². The van der Waals surface area contributed by atoms with E-state index in [-0.39, 0.29) is 17.2 Å². The van der Waals surface area contributed by atoms with Gasteiger partial charge >= 0.3 is 0 Å². The maximum absolute atomic E-state index is 12.3. The van der Waals surface area contributed by atoms with Crippen molar-refractivity contribution in [2.45, 2.75) is 38.0 Å². The number of nitrogens with one attached hydrogen (secondary N) is 1. The molecule has 1 aliphatic heterocycles. The Balaban J connectivity index is 2.26. The molecule has 0 unspecified atom stereocenters. The molecular weight excluding hydrogens is 242 g/mol. The smallest absolute Gasteiger partial charge is 0.260 e. The minimum atomic E-state index is -3.47. The van der Waals surface area contributed by atoms with Gasteiger partial charge in [0.1, 0.15) is 5.82 Å². The lowest BCUT2D eigenvalue weighted by Crippen LogP contribution is -2.48. The summed E-state index contributed by atoms with van der Waals surface area (Å²) in [5.41, 5.74) is 0. The van der Waals surface area contributed by atoms with Gasteiger partial charge in [0.2, 0.25) is 0 Å². The van der Waals surface area contributed by atoms with Crippen molar-refractivity contribution in [1.29, 1.82) is 0 Å². The number of hydrogen-bond donors (Lipinski definition) is 1. The lowest BCUT2D eigenvalue weighted by Gasteiger charge is -2.33. The molecule has 1 fully saturated rings. The van der Waals surface area contributed by atoms with Crippen molar-refractivity contribution in [3.8, 4) is 0 Å². The van der Waals surface area contributed by atoms with Gasteiger partial charge in [-0.1, -0.05) is 0 Å². The Kier molecular flexibility index (Phi) is 3.24. The zero-order valence-electron chi connectivity index (χ0n) is 10.2. The van der Waals surface area contributed by atoms with E-state index in [9.17, 15) is 8.42 Å². The summed E-state index contributed by atoms with van der Waals surface area (Å²) in [6, 6.07) is 0. The number of aromatic nitrogens is 2. The summed E-state index contributed by atoms with van der Waals surface area (Å²) in [7, 11) is -3.47. The third-order valence-electron chi connectivity index (χ3n) is 2.68. The lowest BCUT2D eigenvalue weighted by atomic mass is 10.3. The standard InChI is InChI=1S/C10H17N3O3S/c1-7-5-13(6-8(2)16-7)17(14,15)10-4-11-9(3)12-10/h4,7-8H,5-6H2,1-3H3,(H,11,12)/t7-,8+. The number of sulfonamides is 1. The fourth-order valence-corrected chi connectivity index (χ4v) is 3.55. The first-order chi connectivity index (χ1) is 7.89. The normalized spacial score (nSPS) is 27.2. The van der Waals surface area contributed by atoms with Gasteiger partial charge in [0.05, 0.1) is 18.4 Å². The summed E-state index contributed by atoms with van der Waals surface area (Å²) in [5.74, 6) is 0.595. The summed E-state index contributed by atoms with van der Waals surface area (Å²) >= 11 is 0. The van der Waals surface area contributed by atoms with Crippen LogP contribution in [0.1, 0.15) is 19.7 Å². The van der Waals surface area contributed by atoms with E-state index in [1.165, 1.54) is 10.5 Å². The van der Waals surface area contributed by atoms with E-state index in [1.807, 2.05) is 13.8 Å². The fourth-order valence-electron chi connectivity index (χ4n) is 2.00. The van der Waals surface area contributed by atoms with Gasteiger partial charge in [-0.15, -0.1) is 0 Å². The van der Waals surface area contributed by atoms with Crippen molar-refractivity contribution in [2.24, 2.45) is 0 Å². The highest BCUT2D eigenvalue weighted by Crippen LogP contribution is 2.19. The molecule has 0 aromatic carbocycles. The number of nitrogens with zero attached hydrogens (tertiary/aromatic N) is 2. The summed E-state index contributed by atoms with van der Waals surface area (Å²) in [4.78, 5) is 6.68. The molecule has 0 saturated carbocycles. The molecule has 2 rings (SSSR count). The van der Waals surface area contributed by atoms with Gasteiger partial charge in [-0.25, -0.2) is 13.4 Å². The highest BCUT2D eigenvalue weighted by molar-refractivity contribution is 7.89. The number of aryl methyl sites for hydroxylation is 1. The quantitative estimate of drug-likeness (QED) is 0.840. The van der Waals surface area contributed by atoms with Gasteiger partial charge in [-0.05, 0) is 20.8 Å². The number of ether oxygens (including phenoxy) is 1. The van der Waals surface area contributed by atoms with Crippen LogP contribution in [-0.2, 0) is 14.8 Å². The molecule has 96 valence electrons. The average Bonchev–Trinajstić information content (AvgIpc) is 2.64. The van der Waals surface area contributed by atoms with E-state index in [0.29, 0.717) is 18.9 Å². The minimum Gasteiger partial charge on any atom is -0.373 e. The molecule has 6 nitrogen and oxygen atoms in total. The van der Waals surface area contributed by atoms with Gasteiger partial charge in [0, 0.05) is 13.1 Å².